The minimum atomic E-state index is -0.766. The van der Waals surface area contributed by atoms with E-state index in [2.05, 4.69) is 0 Å². The summed E-state index contributed by atoms with van der Waals surface area (Å²) in [6.07, 6.45) is 0.150. The predicted octanol–water partition coefficient (Wildman–Crippen LogP) is -1.51. The van der Waals surface area contributed by atoms with E-state index in [-0.39, 0.29) is 26.7 Å². The Morgan fingerprint density at radius 3 is 2.90 bits per heavy atom. The smallest absolute Gasteiger partial charge is 1.00 e. The SMILES string of the molecule is O=C(O)Cc1cccs1.[H-].[Li+]. The molecule has 0 aliphatic carbocycles. The van der Waals surface area contributed by atoms with Crippen LogP contribution in [0.3, 0.4) is 0 Å². The van der Waals surface area contributed by atoms with Crippen molar-refractivity contribution in [2.24, 2.45) is 0 Å². The van der Waals surface area contributed by atoms with E-state index in [1.807, 2.05) is 17.5 Å². The van der Waals surface area contributed by atoms with E-state index in [9.17, 15) is 4.79 Å². The summed E-state index contributed by atoms with van der Waals surface area (Å²) in [4.78, 5) is 11.0. The fraction of sp³-hybridized carbons (Fsp3) is 0.167. The molecule has 1 aromatic rings. The second-order valence-electron chi connectivity index (χ2n) is 1.65. The molecule has 1 rings (SSSR count). The van der Waals surface area contributed by atoms with Crippen LogP contribution in [-0.4, -0.2) is 11.1 Å². The van der Waals surface area contributed by atoms with Gasteiger partial charge in [-0.1, -0.05) is 6.07 Å². The van der Waals surface area contributed by atoms with E-state index < -0.39 is 5.97 Å². The van der Waals surface area contributed by atoms with Crippen molar-refractivity contribution in [1.29, 1.82) is 0 Å². The third-order valence-electron chi connectivity index (χ3n) is 0.906. The molecule has 0 aromatic carbocycles. The van der Waals surface area contributed by atoms with Gasteiger partial charge in [0.2, 0.25) is 0 Å². The van der Waals surface area contributed by atoms with Gasteiger partial charge in [-0.3, -0.25) is 4.79 Å². The van der Waals surface area contributed by atoms with Gasteiger partial charge >= 0.3 is 24.8 Å². The van der Waals surface area contributed by atoms with Gasteiger partial charge in [-0.2, -0.15) is 0 Å². The summed E-state index contributed by atoms with van der Waals surface area (Å²) < 4.78 is 0. The van der Waals surface area contributed by atoms with Crippen LogP contribution < -0.4 is 18.9 Å². The van der Waals surface area contributed by atoms with Gasteiger partial charge in [0.15, 0.2) is 0 Å². The number of hydrogen-bond acceptors (Lipinski definition) is 2. The molecule has 10 heavy (non-hydrogen) atoms. The van der Waals surface area contributed by atoms with Gasteiger partial charge in [-0.05, 0) is 11.4 Å². The maximum absolute atomic E-state index is 10.1. The molecule has 0 spiro atoms. The van der Waals surface area contributed by atoms with Crippen LogP contribution in [-0.2, 0) is 11.2 Å². The fourth-order valence-corrected chi connectivity index (χ4v) is 1.26. The summed E-state index contributed by atoms with van der Waals surface area (Å²) in [5, 5.41) is 10.2. The molecule has 0 atom stereocenters. The zero-order valence-electron chi connectivity index (χ0n) is 6.70. The molecule has 0 bridgehead atoms. The average Bonchev–Trinajstić information content (AvgIpc) is 2.15. The summed E-state index contributed by atoms with van der Waals surface area (Å²) in [5.74, 6) is -0.766. The molecule has 1 aromatic heterocycles. The predicted molar refractivity (Wildman–Crippen MR) is 36.8 cm³/mol. The van der Waals surface area contributed by atoms with Gasteiger partial charge in [0.05, 0.1) is 6.42 Å². The van der Waals surface area contributed by atoms with Gasteiger partial charge in [0, 0.05) is 4.88 Å². The molecule has 0 aliphatic rings. The monoisotopic (exact) mass is 150 g/mol. The molecule has 2 nitrogen and oxygen atoms in total. The van der Waals surface area contributed by atoms with Gasteiger partial charge in [-0.15, -0.1) is 11.3 Å². The molecular weight excluding hydrogens is 143 g/mol. The minimum Gasteiger partial charge on any atom is -1.00 e. The van der Waals surface area contributed by atoms with Crippen LogP contribution in [0.2, 0.25) is 0 Å². The van der Waals surface area contributed by atoms with Crippen LogP contribution in [0.5, 0.6) is 0 Å². The molecule has 50 valence electrons. The average molecular weight is 150 g/mol. The molecule has 1 N–H and O–H groups in total. The Morgan fingerprint density at radius 1 is 1.80 bits per heavy atom. The number of thiophene rings is 1. The third kappa shape index (κ3) is 3.07. The van der Waals surface area contributed by atoms with Crippen molar-refractivity contribution < 1.29 is 30.2 Å². The summed E-state index contributed by atoms with van der Waals surface area (Å²) in [7, 11) is 0. The van der Waals surface area contributed by atoms with E-state index >= 15 is 0 Å². The summed E-state index contributed by atoms with van der Waals surface area (Å²) in [5.41, 5.74) is 0. The van der Waals surface area contributed by atoms with Crippen LogP contribution in [0.1, 0.15) is 6.30 Å². The first kappa shape index (κ1) is 9.77. The number of carboxylic acid groups (broad SMARTS) is 1. The zero-order chi connectivity index (χ0) is 6.69. The maximum atomic E-state index is 10.1. The van der Waals surface area contributed by atoms with E-state index in [4.69, 9.17) is 5.11 Å². The molecule has 0 aliphatic heterocycles. The summed E-state index contributed by atoms with van der Waals surface area (Å²) >= 11 is 1.47. The molecule has 1 heterocycles. The Balaban J connectivity index is 0. The van der Waals surface area contributed by atoms with Crippen molar-refractivity contribution in [2.45, 2.75) is 6.42 Å². The van der Waals surface area contributed by atoms with Crippen molar-refractivity contribution in [2.75, 3.05) is 0 Å². The van der Waals surface area contributed by atoms with Crippen LogP contribution in [0.25, 0.3) is 0 Å². The Hall–Kier alpha value is -0.233. The van der Waals surface area contributed by atoms with E-state index in [0.29, 0.717) is 0 Å². The molecular formula is C6H7LiO2S. The van der Waals surface area contributed by atoms with Gasteiger partial charge in [0.1, 0.15) is 0 Å². The Kier molecular flexibility index (Phi) is 4.46. The second kappa shape index (κ2) is 4.56. The molecule has 0 fully saturated rings. The van der Waals surface area contributed by atoms with Crippen molar-refractivity contribution in [3.63, 3.8) is 0 Å². The fourth-order valence-electron chi connectivity index (χ4n) is 0.562. The first-order valence-corrected chi connectivity index (χ1v) is 3.41. The normalized spacial score (nSPS) is 8.40. The van der Waals surface area contributed by atoms with Crippen molar-refractivity contribution in [1.82, 2.24) is 0 Å². The van der Waals surface area contributed by atoms with E-state index in [1.54, 1.807) is 0 Å². The number of aliphatic carboxylic acids is 1. The first-order chi connectivity index (χ1) is 4.29. The van der Waals surface area contributed by atoms with Gasteiger partial charge in [0.25, 0.3) is 0 Å². The number of hydrogen-bond donors (Lipinski definition) is 1. The topological polar surface area (TPSA) is 37.3 Å². The molecule has 0 unspecified atom stereocenters. The van der Waals surface area contributed by atoms with E-state index in [1.165, 1.54) is 11.3 Å². The van der Waals surface area contributed by atoms with Crippen molar-refractivity contribution in [3.05, 3.63) is 22.4 Å². The Bertz CT molecular complexity index is 200. The Morgan fingerprint density at radius 2 is 2.50 bits per heavy atom. The standard InChI is InChI=1S/C6H6O2S.Li.H/c7-6(8)4-5-2-1-3-9-5;;/h1-3H,4H2,(H,7,8);;/q;+1;-1. The molecule has 0 radical (unpaired) electrons. The van der Waals surface area contributed by atoms with Crippen LogP contribution in [0, 0.1) is 0 Å². The molecule has 0 saturated carbocycles. The van der Waals surface area contributed by atoms with Crippen molar-refractivity contribution >= 4 is 17.3 Å². The van der Waals surface area contributed by atoms with Crippen LogP contribution >= 0.6 is 11.3 Å². The summed E-state index contributed by atoms with van der Waals surface area (Å²) in [6, 6.07) is 3.67. The Labute approximate surface area is 76.5 Å². The largest absolute Gasteiger partial charge is 1.00 e. The maximum Gasteiger partial charge on any atom is 1.00 e. The number of carbonyl (C=O) groups is 1. The molecule has 0 saturated heterocycles. The van der Waals surface area contributed by atoms with Gasteiger partial charge in [-0.25, -0.2) is 0 Å². The minimum absolute atomic E-state index is 0. The number of carboxylic acids is 1. The van der Waals surface area contributed by atoms with E-state index in [0.717, 1.165) is 4.88 Å². The molecule has 4 heteroatoms. The van der Waals surface area contributed by atoms with Crippen LogP contribution in [0.15, 0.2) is 17.5 Å². The van der Waals surface area contributed by atoms with Crippen LogP contribution in [0.4, 0.5) is 0 Å². The third-order valence-corrected chi connectivity index (χ3v) is 1.78. The quantitative estimate of drug-likeness (QED) is 0.520. The summed E-state index contributed by atoms with van der Waals surface area (Å²) in [6.45, 7) is 0. The first-order valence-electron chi connectivity index (χ1n) is 2.53. The number of rotatable bonds is 2. The zero-order valence-corrected chi connectivity index (χ0v) is 6.52. The second-order valence-corrected chi connectivity index (χ2v) is 2.68. The van der Waals surface area contributed by atoms with Gasteiger partial charge < -0.3 is 6.53 Å². The molecule has 0 amide bonds. The van der Waals surface area contributed by atoms with Crippen molar-refractivity contribution in [3.8, 4) is 0 Å².